The summed E-state index contributed by atoms with van der Waals surface area (Å²) in [5, 5.41) is 0. The van der Waals surface area contributed by atoms with Gasteiger partial charge in [-0.15, -0.1) is 6.42 Å². The smallest absolute Gasteiger partial charge is 0.462 e. The van der Waals surface area contributed by atoms with Gasteiger partial charge in [0.25, 0.3) is 5.56 Å². The molecule has 2 unspecified atom stereocenters. The Kier molecular flexibility index (Phi) is 6.09. The standard InChI is InChI=1S/C23H29N2O9P/c1-4-22(3)20(25-12-10-16(26)24-21(25)28)32-17-18-23(17,22)34-35(29,33-18)30-13-11-14(2)19(27)31-15-8-6-5-7-9-15/h1,10,12,14-15,17-18,20H,5-9,11,13H2,2-3H3,(H,24,26,28)/t14?,17-,18?,20-,22+,23+,35-/m1/s1. The van der Waals surface area contributed by atoms with E-state index in [1.54, 1.807) is 13.8 Å². The van der Waals surface area contributed by atoms with Gasteiger partial charge in [0.15, 0.2) is 11.8 Å². The van der Waals surface area contributed by atoms with Crippen molar-refractivity contribution in [1.82, 2.24) is 9.55 Å². The second kappa shape index (κ2) is 8.71. The van der Waals surface area contributed by atoms with Crippen LogP contribution in [0, 0.1) is 23.7 Å². The second-order valence-electron chi connectivity index (χ2n) is 9.85. The lowest BCUT2D eigenvalue weighted by Gasteiger charge is -2.32. The van der Waals surface area contributed by atoms with E-state index in [1.165, 1.54) is 23.3 Å². The van der Waals surface area contributed by atoms with Crippen molar-refractivity contribution in [2.75, 3.05) is 6.61 Å². The van der Waals surface area contributed by atoms with E-state index in [9.17, 15) is 18.9 Å². The van der Waals surface area contributed by atoms with Crippen molar-refractivity contribution in [3.05, 3.63) is 33.1 Å². The van der Waals surface area contributed by atoms with Crippen molar-refractivity contribution < 1.29 is 32.4 Å². The fourth-order valence-corrected chi connectivity index (χ4v) is 7.13. The molecule has 190 valence electrons. The summed E-state index contributed by atoms with van der Waals surface area (Å²) >= 11 is 0. The topological polar surface area (TPSA) is 135 Å². The zero-order valence-corrected chi connectivity index (χ0v) is 20.5. The molecular formula is C23H29N2O9P. The molecule has 4 fully saturated rings. The quantitative estimate of drug-likeness (QED) is 0.334. The molecule has 2 aliphatic heterocycles. The number of nitrogens with one attached hydrogen (secondary N) is 1. The van der Waals surface area contributed by atoms with Gasteiger partial charge in [-0.1, -0.05) is 19.3 Å². The fraction of sp³-hybridized carbons (Fsp3) is 0.696. The first kappa shape index (κ1) is 24.5. The number of carbonyl (C=O) groups excluding carboxylic acids is 1. The van der Waals surface area contributed by atoms with Crippen molar-refractivity contribution in [2.24, 2.45) is 11.3 Å². The van der Waals surface area contributed by atoms with Gasteiger partial charge in [0.1, 0.15) is 23.7 Å². The largest absolute Gasteiger partial charge is 0.476 e. The second-order valence-corrected chi connectivity index (χ2v) is 11.4. The minimum atomic E-state index is -3.98. The molecule has 1 spiro atoms. The van der Waals surface area contributed by atoms with Gasteiger partial charge in [-0.05, 0) is 39.0 Å². The Balaban J connectivity index is 1.21. The van der Waals surface area contributed by atoms with E-state index >= 15 is 0 Å². The molecule has 1 N–H and O–H groups in total. The molecule has 4 aliphatic rings. The Morgan fingerprint density at radius 2 is 2.09 bits per heavy atom. The average molecular weight is 508 g/mol. The first-order valence-electron chi connectivity index (χ1n) is 11.9. The summed E-state index contributed by atoms with van der Waals surface area (Å²) in [4.78, 5) is 38.3. The number of nitrogens with zero attached hydrogens (tertiary/aromatic N) is 1. The number of carbonyl (C=O) groups is 1. The Bertz CT molecular complexity index is 1210. The molecule has 2 saturated carbocycles. The zero-order valence-electron chi connectivity index (χ0n) is 19.6. The van der Waals surface area contributed by atoms with Gasteiger partial charge in [0.05, 0.1) is 12.5 Å². The lowest BCUT2D eigenvalue weighted by molar-refractivity contribution is -0.155. The van der Waals surface area contributed by atoms with Gasteiger partial charge >= 0.3 is 19.5 Å². The number of fused-ring (bicyclic) bond motifs is 1. The molecule has 2 aliphatic carbocycles. The molecule has 12 heteroatoms. The van der Waals surface area contributed by atoms with Crippen LogP contribution in [-0.4, -0.2) is 46.0 Å². The number of rotatable bonds is 7. The molecule has 35 heavy (non-hydrogen) atoms. The highest BCUT2D eigenvalue weighted by Gasteiger charge is 2.90. The van der Waals surface area contributed by atoms with Crippen molar-refractivity contribution in [2.45, 2.75) is 82.5 Å². The monoisotopic (exact) mass is 508 g/mol. The Morgan fingerprint density at radius 3 is 2.77 bits per heavy atom. The molecule has 1 aromatic rings. The Labute approximate surface area is 202 Å². The van der Waals surface area contributed by atoms with Crippen LogP contribution in [0.2, 0.25) is 0 Å². The minimum Gasteiger partial charge on any atom is -0.462 e. The fourth-order valence-electron chi connectivity index (χ4n) is 5.33. The summed E-state index contributed by atoms with van der Waals surface area (Å²) in [5.41, 5.74) is -3.74. The molecule has 2 saturated heterocycles. The molecule has 0 amide bonds. The van der Waals surface area contributed by atoms with E-state index < -0.39 is 54.4 Å². The highest BCUT2D eigenvalue weighted by molar-refractivity contribution is 7.48. The Morgan fingerprint density at radius 1 is 1.34 bits per heavy atom. The molecule has 3 heterocycles. The highest BCUT2D eigenvalue weighted by atomic mass is 31.2. The van der Waals surface area contributed by atoms with Crippen LogP contribution in [0.5, 0.6) is 0 Å². The van der Waals surface area contributed by atoms with E-state index in [0.29, 0.717) is 0 Å². The number of phosphoric acid groups is 1. The van der Waals surface area contributed by atoms with Gasteiger partial charge in [0, 0.05) is 12.3 Å². The zero-order chi connectivity index (χ0) is 25.0. The van der Waals surface area contributed by atoms with Crippen LogP contribution in [0.4, 0.5) is 0 Å². The maximum absolute atomic E-state index is 13.2. The number of phosphoric ester groups is 1. The number of aromatic amines is 1. The van der Waals surface area contributed by atoms with Crippen molar-refractivity contribution in [3.8, 4) is 12.3 Å². The number of aromatic nitrogens is 2. The molecular weight excluding hydrogens is 479 g/mol. The van der Waals surface area contributed by atoms with Gasteiger partial charge in [-0.25, -0.2) is 9.36 Å². The molecule has 1 aromatic heterocycles. The van der Waals surface area contributed by atoms with Gasteiger partial charge in [-0.2, -0.15) is 0 Å². The van der Waals surface area contributed by atoms with E-state index in [0.717, 1.165) is 25.7 Å². The van der Waals surface area contributed by atoms with Crippen LogP contribution in [0.1, 0.15) is 58.6 Å². The third kappa shape index (κ3) is 3.92. The third-order valence-corrected chi connectivity index (χ3v) is 9.05. The predicted molar refractivity (Wildman–Crippen MR) is 121 cm³/mol. The highest BCUT2D eigenvalue weighted by Crippen LogP contribution is 2.79. The lowest BCUT2D eigenvalue weighted by atomic mass is 9.81. The molecule has 0 radical (unpaired) electrons. The summed E-state index contributed by atoms with van der Waals surface area (Å²) in [6, 6.07) is 1.18. The molecule has 7 atom stereocenters. The molecule has 5 rings (SSSR count). The Hall–Kier alpha value is -2.22. The van der Waals surface area contributed by atoms with Crippen LogP contribution in [0.3, 0.4) is 0 Å². The van der Waals surface area contributed by atoms with E-state index in [4.69, 9.17) is 29.5 Å². The van der Waals surface area contributed by atoms with Gasteiger partial charge in [-0.3, -0.25) is 32.7 Å². The van der Waals surface area contributed by atoms with Crippen LogP contribution >= 0.6 is 7.82 Å². The molecule has 0 bridgehead atoms. The van der Waals surface area contributed by atoms with Crippen LogP contribution in [0.15, 0.2) is 21.9 Å². The summed E-state index contributed by atoms with van der Waals surface area (Å²) in [7, 11) is -3.98. The van der Waals surface area contributed by atoms with E-state index in [1.807, 2.05) is 0 Å². The van der Waals surface area contributed by atoms with Crippen LogP contribution in [-0.2, 0) is 32.4 Å². The van der Waals surface area contributed by atoms with E-state index in [-0.39, 0.29) is 25.1 Å². The summed E-state index contributed by atoms with van der Waals surface area (Å²) in [5.74, 6) is 1.89. The van der Waals surface area contributed by atoms with Crippen LogP contribution in [0.25, 0.3) is 0 Å². The van der Waals surface area contributed by atoms with Crippen molar-refractivity contribution >= 4 is 13.8 Å². The van der Waals surface area contributed by atoms with Crippen molar-refractivity contribution in [1.29, 1.82) is 0 Å². The summed E-state index contributed by atoms with van der Waals surface area (Å²) in [6.45, 7) is 3.35. The summed E-state index contributed by atoms with van der Waals surface area (Å²) in [6.07, 6.45) is 10.1. The van der Waals surface area contributed by atoms with Gasteiger partial charge in [0.2, 0.25) is 0 Å². The number of terminal acetylenes is 1. The number of ether oxygens (including phenoxy) is 2. The lowest BCUT2D eigenvalue weighted by Crippen LogP contribution is -2.44. The van der Waals surface area contributed by atoms with E-state index in [2.05, 4.69) is 10.9 Å². The average Bonchev–Trinajstić information content (AvgIpc) is 3.13. The predicted octanol–water partition coefficient (Wildman–Crippen LogP) is 2.27. The molecule has 0 aromatic carbocycles. The maximum Gasteiger partial charge on any atom is 0.476 e. The first-order chi connectivity index (χ1) is 16.6. The minimum absolute atomic E-state index is 0.0330. The number of hydrogen-bond donors (Lipinski definition) is 1. The normalized spacial score (nSPS) is 38.8. The maximum atomic E-state index is 13.2. The third-order valence-electron chi connectivity index (χ3n) is 7.54. The SMILES string of the molecule is C#C[C@@]1(C)[C@H](n2ccc(=O)[nH]c2=O)O[C@@H]2C3O[P@@](=O)(OCCC(C)C(=O)OC4CCCCC4)O[C@]321. The van der Waals surface area contributed by atoms with Gasteiger partial charge < -0.3 is 9.47 Å². The number of hydrogen-bond acceptors (Lipinski definition) is 9. The first-order valence-corrected chi connectivity index (χ1v) is 13.4. The summed E-state index contributed by atoms with van der Waals surface area (Å²) < 4.78 is 42.9. The number of H-pyrrole nitrogens is 1. The van der Waals surface area contributed by atoms with Crippen molar-refractivity contribution in [3.63, 3.8) is 0 Å². The molecule has 11 nitrogen and oxygen atoms in total. The van der Waals surface area contributed by atoms with Crippen LogP contribution < -0.4 is 11.2 Å². The number of esters is 1.